The molecule has 0 unspecified atom stereocenters. The van der Waals surface area contributed by atoms with Crippen molar-refractivity contribution in [1.29, 1.82) is 0 Å². The molecule has 2 aliphatic rings. The highest BCUT2D eigenvalue weighted by molar-refractivity contribution is 6.22. The zero-order chi connectivity index (χ0) is 18.0. The number of nitrogens with zero attached hydrogens (tertiary/aromatic N) is 2. The number of aliphatic hydroxyl groups excluding tert-OH is 1. The Morgan fingerprint density at radius 2 is 1.84 bits per heavy atom. The molecule has 0 spiro atoms. The summed E-state index contributed by atoms with van der Waals surface area (Å²) in [6, 6.07) is 5.82. The number of carbonyl (C=O) groups excluding carboxylic acids is 3. The third-order valence-electron chi connectivity index (χ3n) is 4.70. The molecule has 2 fully saturated rings. The maximum absolute atomic E-state index is 12.7. The van der Waals surface area contributed by atoms with Crippen molar-refractivity contribution in [1.82, 2.24) is 4.90 Å². The fraction of sp³-hybridized carbons (Fsp3) is 0.500. The quantitative estimate of drug-likeness (QED) is 0.645. The number of ether oxygens (including phenoxy) is 1. The Morgan fingerprint density at radius 1 is 1.20 bits per heavy atom. The average molecular weight is 346 g/mol. The van der Waals surface area contributed by atoms with Gasteiger partial charge in [-0.05, 0) is 44.0 Å². The van der Waals surface area contributed by atoms with Crippen LogP contribution in [0.2, 0.25) is 0 Å². The third-order valence-corrected chi connectivity index (χ3v) is 4.70. The molecule has 0 aliphatic carbocycles. The van der Waals surface area contributed by atoms with E-state index in [0.717, 1.165) is 0 Å². The minimum Gasteiger partial charge on any atom is -0.462 e. The third kappa shape index (κ3) is 3.57. The average Bonchev–Trinajstić information content (AvgIpc) is 2.90. The maximum atomic E-state index is 12.7. The highest BCUT2D eigenvalue weighted by Gasteiger charge is 2.43. The summed E-state index contributed by atoms with van der Waals surface area (Å²) in [7, 11) is 0. The number of rotatable bonds is 4. The van der Waals surface area contributed by atoms with Gasteiger partial charge in [-0.15, -0.1) is 0 Å². The molecule has 2 amide bonds. The Morgan fingerprint density at radius 3 is 2.44 bits per heavy atom. The van der Waals surface area contributed by atoms with E-state index in [2.05, 4.69) is 0 Å². The molecule has 0 radical (unpaired) electrons. The standard InChI is InChI=1S/C18H22N2O5/c1-2-25-18(24)12-3-5-13(6-4-12)20-16(22)11-15(17(20)23)19-9-7-14(21)8-10-19/h3-6,14-15,21H,2,7-11H2,1H3/t15-/m0/s1. The van der Waals surface area contributed by atoms with Gasteiger partial charge < -0.3 is 9.84 Å². The van der Waals surface area contributed by atoms with E-state index in [1.165, 1.54) is 4.90 Å². The number of imide groups is 1. The molecule has 3 rings (SSSR count). The second-order valence-corrected chi connectivity index (χ2v) is 6.32. The van der Waals surface area contributed by atoms with E-state index in [0.29, 0.717) is 37.2 Å². The van der Waals surface area contributed by atoms with E-state index < -0.39 is 12.0 Å². The van der Waals surface area contributed by atoms with Crippen molar-refractivity contribution in [3.8, 4) is 0 Å². The van der Waals surface area contributed by atoms with E-state index in [-0.39, 0.29) is 30.9 Å². The molecule has 1 aromatic rings. The molecule has 1 N–H and O–H groups in total. The van der Waals surface area contributed by atoms with Crippen LogP contribution in [-0.4, -0.2) is 59.6 Å². The van der Waals surface area contributed by atoms with Crippen LogP contribution in [0.3, 0.4) is 0 Å². The lowest BCUT2D eigenvalue weighted by Crippen LogP contribution is -2.46. The number of piperidine rings is 1. The van der Waals surface area contributed by atoms with Crippen molar-refractivity contribution in [2.24, 2.45) is 0 Å². The van der Waals surface area contributed by atoms with Crippen LogP contribution in [0.1, 0.15) is 36.5 Å². The molecule has 2 saturated heterocycles. The van der Waals surface area contributed by atoms with E-state index in [1.807, 2.05) is 4.90 Å². The molecule has 134 valence electrons. The Kier molecular flexibility index (Phi) is 5.15. The Bertz CT molecular complexity index is 665. The van der Waals surface area contributed by atoms with Gasteiger partial charge in [-0.3, -0.25) is 14.5 Å². The predicted octanol–water partition coefficient (Wildman–Crippen LogP) is 0.952. The van der Waals surface area contributed by atoms with Crippen molar-refractivity contribution in [3.05, 3.63) is 29.8 Å². The second kappa shape index (κ2) is 7.33. The fourth-order valence-corrected chi connectivity index (χ4v) is 3.33. The predicted molar refractivity (Wildman–Crippen MR) is 90.1 cm³/mol. The van der Waals surface area contributed by atoms with Crippen LogP contribution in [-0.2, 0) is 14.3 Å². The first-order valence-corrected chi connectivity index (χ1v) is 8.57. The van der Waals surface area contributed by atoms with Crippen LogP contribution in [0.5, 0.6) is 0 Å². The first-order chi connectivity index (χ1) is 12.0. The van der Waals surface area contributed by atoms with Gasteiger partial charge in [-0.1, -0.05) is 0 Å². The second-order valence-electron chi connectivity index (χ2n) is 6.32. The summed E-state index contributed by atoms with van der Waals surface area (Å²) in [4.78, 5) is 39.9. The number of esters is 1. The first-order valence-electron chi connectivity index (χ1n) is 8.57. The number of amides is 2. The largest absolute Gasteiger partial charge is 0.462 e. The number of aliphatic hydroxyl groups is 1. The van der Waals surface area contributed by atoms with E-state index >= 15 is 0 Å². The number of benzene rings is 1. The number of carbonyl (C=O) groups is 3. The van der Waals surface area contributed by atoms with Gasteiger partial charge in [0.05, 0.1) is 36.4 Å². The van der Waals surface area contributed by atoms with Crippen molar-refractivity contribution < 1.29 is 24.2 Å². The molecule has 25 heavy (non-hydrogen) atoms. The van der Waals surface area contributed by atoms with Gasteiger partial charge in [0.1, 0.15) is 0 Å². The zero-order valence-corrected chi connectivity index (χ0v) is 14.2. The number of likely N-dealkylation sites (tertiary alicyclic amines) is 1. The summed E-state index contributed by atoms with van der Waals surface area (Å²) in [5.41, 5.74) is 0.842. The van der Waals surface area contributed by atoms with E-state index in [9.17, 15) is 19.5 Å². The summed E-state index contributed by atoms with van der Waals surface area (Å²) < 4.78 is 4.93. The van der Waals surface area contributed by atoms with Crippen molar-refractivity contribution >= 4 is 23.5 Å². The van der Waals surface area contributed by atoms with Gasteiger partial charge in [-0.2, -0.15) is 0 Å². The molecule has 1 aromatic carbocycles. The smallest absolute Gasteiger partial charge is 0.338 e. The summed E-state index contributed by atoms with van der Waals surface area (Å²) in [6.07, 6.45) is 1.06. The number of hydrogen-bond acceptors (Lipinski definition) is 6. The Labute approximate surface area is 146 Å². The molecule has 0 bridgehead atoms. The van der Waals surface area contributed by atoms with Gasteiger partial charge in [0.15, 0.2) is 0 Å². The topological polar surface area (TPSA) is 87.2 Å². The minimum absolute atomic E-state index is 0.147. The van der Waals surface area contributed by atoms with E-state index in [4.69, 9.17) is 4.74 Å². The van der Waals surface area contributed by atoms with Crippen LogP contribution in [0.4, 0.5) is 5.69 Å². The molecule has 2 aliphatic heterocycles. The molecule has 0 saturated carbocycles. The molecular formula is C18H22N2O5. The van der Waals surface area contributed by atoms with Crippen LogP contribution in [0.25, 0.3) is 0 Å². The van der Waals surface area contributed by atoms with Crippen molar-refractivity contribution in [2.75, 3.05) is 24.6 Å². The lowest BCUT2D eigenvalue weighted by atomic mass is 10.1. The highest BCUT2D eigenvalue weighted by Crippen LogP contribution is 2.27. The van der Waals surface area contributed by atoms with Crippen LogP contribution in [0.15, 0.2) is 24.3 Å². The molecule has 2 heterocycles. The molecule has 1 atom stereocenters. The maximum Gasteiger partial charge on any atom is 0.338 e. The minimum atomic E-state index is -0.468. The van der Waals surface area contributed by atoms with Gasteiger partial charge >= 0.3 is 5.97 Å². The van der Waals surface area contributed by atoms with Gasteiger partial charge in [0.2, 0.25) is 5.91 Å². The van der Waals surface area contributed by atoms with Crippen LogP contribution in [0, 0.1) is 0 Å². The van der Waals surface area contributed by atoms with Crippen LogP contribution >= 0.6 is 0 Å². The molecule has 7 heteroatoms. The van der Waals surface area contributed by atoms with Crippen molar-refractivity contribution in [3.63, 3.8) is 0 Å². The van der Waals surface area contributed by atoms with Gasteiger partial charge in [-0.25, -0.2) is 9.69 Å². The summed E-state index contributed by atoms with van der Waals surface area (Å²) in [5, 5.41) is 9.60. The van der Waals surface area contributed by atoms with E-state index in [1.54, 1.807) is 31.2 Å². The molecule has 7 nitrogen and oxygen atoms in total. The first kappa shape index (κ1) is 17.6. The zero-order valence-electron chi connectivity index (χ0n) is 14.2. The van der Waals surface area contributed by atoms with Gasteiger partial charge in [0, 0.05) is 13.1 Å². The summed E-state index contributed by atoms with van der Waals surface area (Å²) >= 11 is 0. The van der Waals surface area contributed by atoms with Crippen molar-refractivity contribution in [2.45, 2.75) is 38.3 Å². The summed E-state index contributed by atoms with van der Waals surface area (Å²) in [5.74, 6) is -0.923. The number of hydrogen-bond donors (Lipinski definition) is 1. The molecular weight excluding hydrogens is 324 g/mol. The lowest BCUT2D eigenvalue weighted by Gasteiger charge is -2.32. The number of anilines is 1. The normalized spacial score (nSPS) is 22.5. The highest BCUT2D eigenvalue weighted by atomic mass is 16.5. The van der Waals surface area contributed by atoms with Crippen LogP contribution < -0.4 is 4.90 Å². The Balaban J connectivity index is 1.73. The fourth-order valence-electron chi connectivity index (χ4n) is 3.33. The monoisotopic (exact) mass is 346 g/mol. The SMILES string of the molecule is CCOC(=O)c1ccc(N2C(=O)C[C@H](N3CCC(O)CC3)C2=O)cc1. The lowest BCUT2D eigenvalue weighted by molar-refractivity contribution is -0.123. The Hall–Kier alpha value is -2.25. The summed E-state index contributed by atoms with van der Waals surface area (Å²) in [6.45, 7) is 3.24. The molecule has 0 aromatic heterocycles. The van der Waals surface area contributed by atoms with Gasteiger partial charge in [0.25, 0.3) is 5.91 Å².